The monoisotopic (exact) mass is 320 g/mol. The minimum absolute atomic E-state index is 0.0442. The summed E-state index contributed by atoms with van der Waals surface area (Å²) in [4.78, 5) is 24.9. The Morgan fingerprint density at radius 2 is 2.20 bits per heavy atom. The molecule has 0 saturated carbocycles. The Morgan fingerprint density at radius 3 is 2.75 bits per heavy atom. The van der Waals surface area contributed by atoms with Crippen LogP contribution in [0.5, 0.6) is 0 Å². The van der Waals surface area contributed by atoms with Crippen LogP contribution in [0.25, 0.3) is 0 Å². The SMILES string of the molecule is CC(=O)c1c(C)nsc1N1CC(CS(=O)(=O)F)CC1=O. The van der Waals surface area contributed by atoms with Gasteiger partial charge in [0.05, 0.1) is 17.0 Å². The maximum Gasteiger partial charge on any atom is 0.302 e. The number of amides is 1. The van der Waals surface area contributed by atoms with E-state index in [4.69, 9.17) is 0 Å². The number of anilines is 1. The quantitative estimate of drug-likeness (QED) is 0.617. The molecule has 20 heavy (non-hydrogen) atoms. The molecule has 0 bridgehead atoms. The van der Waals surface area contributed by atoms with Crippen molar-refractivity contribution < 1.29 is 21.9 Å². The van der Waals surface area contributed by atoms with E-state index in [9.17, 15) is 21.9 Å². The highest BCUT2D eigenvalue weighted by atomic mass is 32.3. The highest BCUT2D eigenvalue weighted by Crippen LogP contribution is 2.34. The molecule has 110 valence electrons. The maximum atomic E-state index is 12.7. The molecule has 1 saturated heterocycles. The summed E-state index contributed by atoms with van der Waals surface area (Å²) in [5.74, 6) is -1.80. The molecule has 0 spiro atoms. The molecule has 1 aromatic heterocycles. The molecular formula is C11H13FN2O4S2. The van der Waals surface area contributed by atoms with E-state index < -0.39 is 21.9 Å². The van der Waals surface area contributed by atoms with Crippen molar-refractivity contribution in [1.29, 1.82) is 0 Å². The van der Waals surface area contributed by atoms with Crippen LogP contribution >= 0.6 is 11.5 Å². The van der Waals surface area contributed by atoms with Gasteiger partial charge in [0, 0.05) is 18.9 Å². The van der Waals surface area contributed by atoms with Crippen molar-refractivity contribution in [2.75, 3.05) is 17.2 Å². The second-order valence-electron chi connectivity index (χ2n) is 4.78. The molecule has 2 rings (SSSR count). The van der Waals surface area contributed by atoms with Gasteiger partial charge in [0.15, 0.2) is 5.78 Å². The van der Waals surface area contributed by atoms with Crippen LogP contribution in [0.3, 0.4) is 0 Å². The molecule has 6 nitrogen and oxygen atoms in total. The summed E-state index contributed by atoms with van der Waals surface area (Å²) < 4.78 is 38.1. The fraction of sp³-hybridized carbons (Fsp3) is 0.545. The van der Waals surface area contributed by atoms with E-state index in [0.717, 1.165) is 11.5 Å². The Bertz CT molecular complexity index is 668. The summed E-state index contributed by atoms with van der Waals surface area (Å²) in [6, 6.07) is 0. The minimum Gasteiger partial charge on any atom is -0.302 e. The smallest absolute Gasteiger partial charge is 0.302 e. The van der Waals surface area contributed by atoms with Crippen LogP contribution in [0.15, 0.2) is 0 Å². The third-order valence-corrected chi connectivity index (χ3v) is 4.91. The van der Waals surface area contributed by atoms with Crippen molar-refractivity contribution >= 4 is 38.4 Å². The molecule has 1 unspecified atom stereocenters. The Kier molecular flexibility index (Phi) is 3.92. The van der Waals surface area contributed by atoms with Crippen molar-refractivity contribution in [2.45, 2.75) is 20.3 Å². The minimum atomic E-state index is -4.62. The number of hydrogen-bond donors (Lipinski definition) is 0. The summed E-state index contributed by atoms with van der Waals surface area (Å²) in [5, 5.41) is 0.416. The molecule has 0 radical (unpaired) electrons. The normalized spacial score (nSPS) is 19.6. The highest BCUT2D eigenvalue weighted by Gasteiger charge is 2.36. The zero-order valence-electron chi connectivity index (χ0n) is 10.9. The summed E-state index contributed by atoms with van der Waals surface area (Å²) in [7, 11) is -4.62. The molecule has 0 N–H and O–H groups in total. The molecule has 1 atom stereocenters. The topological polar surface area (TPSA) is 84.4 Å². The van der Waals surface area contributed by atoms with Crippen LogP contribution in [0, 0.1) is 12.8 Å². The third-order valence-electron chi connectivity index (χ3n) is 3.08. The van der Waals surface area contributed by atoms with E-state index in [-0.39, 0.29) is 24.7 Å². The average molecular weight is 320 g/mol. The fourth-order valence-electron chi connectivity index (χ4n) is 2.32. The first-order valence-corrected chi connectivity index (χ1v) is 8.21. The van der Waals surface area contributed by atoms with Crippen molar-refractivity contribution in [3.8, 4) is 0 Å². The van der Waals surface area contributed by atoms with E-state index in [1.54, 1.807) is 6.92 Å². The summed E-state index contributed by atoms with van der Waals surface area (Å²) in [5.41, 5.74) is 0.902. The highest BCUT2D eigenvalue weighted by molar-refractivity contribution is 7.86. The predicted molar refractivity (Wildman–Crippen MR) is 72.2 cm³/mol. The third kappa shape index (κ3) is 3.04. The Labute approximate surface area is 120 Å². The molecule has 1 amide bonds. The number of carbonyl (C=O) groups excluding carboxylic acids is 2. The summed E-state index contributed by atoms with van der Waals surface area (Å²) >= 11 is 1.02. The molecule has 0 aliphatic carbocycles. The lowest BCUT2D eigenvalue weighted by atomic mass is 10.1. The van der Waals surface area contributed by atoms with Gasteiger partial charge in [-0.2, -0.15) is 12.8 Å². The largest absolute Gasteiger partial charge is 0.302 e. The van der Waals surface area contributed by atoms with Gasteiger partial charge in [0.2, 0.25) is 5.91 Å². The van der Waals surface area contributed by atoms with E-state index in [2.05, 4.69) is 4.37 Å². The van der Waals surface area contributed by atoms with Gasteiger partial charge in [-0.3, -0.25) is 9.59 Å². The molecule has 1 aliphatic rings. The van der Waals surface area contributed by atoms with Crippen molar-refractivity contribution in [3.63, 3.8) is 0 Å². The number of aromatic nitrogens is 1. The maximum absolute atomic E-state index is 12.7. The van der Waals surface area contributed by atoms with Crippen LogP contribution in [-0.2, 0) is 15.0 Å². The van der Waals surface area contributed by atoms with Crippen LogP contribution in [0.4, 0.5) is 8.89 Å². The van der Waals surface area contributed by atoms with Gasteiger partial charge in [-0.15, -0.1) is 3.89 Å². The van der Waals surface area contributed by atoms with Gasteiger partial charge in [-0.1, -0.05) is 0 Å². The standard InChI is InChI=1S/C11H13FN2O4S2/c1-6-10(7(2)15)11(19-13-6)14-4-8(3-9(14)16)5-20(12,17)18/h8H,3-5H2,1-2H3. The fourth-order valence-corrected chi connectivity index (χ4v) is 4.08. The number of nitrogens with zero attached hydrogens (tertiary/aromatic N) is 2. The Morgan fingerprint density at radius 1 is 1.55 bits per heavy atom. The zero-order chi connectivity index (χ0) is 15.1. The van der Waals surface area contributed by atoms with E-state index in [1.807, 2.05) is 0 Å². The van der Waals surface area contributed by atoms with Crippen LogP contribution in [0.1, 0.15) is 29.4 Å². The van der Waals surface area contributed by atoms with Crippen LogP contribution < -0.4 is 4.90 Å². The first kappa shape index (κ1) is 15.0. The lowest BCUT2D eigenvalue weighted by molar-refractivity contribution is -0.117. The van der Waals surface area contributed by atoms with Crippen molar-refractivity contribution in [2.24, 2.45) is 5.92 Å². The zero-order valence-corrected chi connectivity index (χ0v) is 12.6. The number of Topliss-reactive ketones (excluding diaryl/α,β-unsaturated/α-hetero) is 1. The molecule has 1 aliphatic heterocycles. The Hall–Kier alpha value is -1.35. The summed E-state index contributed by atoms with van der Waals surface area (Å²) in [6.45, 7) is 3.13. The lowest BCUT2D eigenvalue weighted by Gasteiger charge is -2.15. The van der Waals surface area contributed by atoms with Gasteiger partial charge in [-0.05, 0) is 25.4 Å². The number of rotatable bonds is 4. The average Bonchev–Trinajstić information content (AvgIpc) is 2.79. The predicted octanol–water partition coefficient (Wildman–Crippen LogP) is 1.31. The molecule has 9 heteroatoms. The molecule has 2 heterocycles. The summed E-state index contributed by atoms with van der Waals surface area (Å²) in [6.07, 6.45) is -0.0442. The lowest BCUT2D eigenvalue weighted by Crippen LogP contribution is -2.26. The van der Waals surface area contributed by atoms with Crippen molar-refractivity contribution in [3.05, 3.63) is 11.3 Å². The second-order valence-corrected chi connectivity index (χ2v) is 6.95. The van der Waals surface area contributed by atoms with E-state index in [1.165, 1.54) is 11.8 Å². The number of halogens is 1. The van der Waals surface area contributed by atoms with Gasteiger partial charge in [0.25, 0.3) is 0 Å². The number of carbonyl (C=O) groups is 2. The first-order valence-electron chi connectivity index (χ1n) is 5.89. The van der Waals surface area contributed by atoms with Gasteiger partial charge in [-0.25, -0.2) is 0 Å². The van der Waals surface area contributed by atoms with Gasteiger partial charge < -0.3 is 4.90 Å². The first-order chi connectivity index (χ1) is 9.19. The van der Waals surface area contributed by atoms with Gasteiger partial charge in [0.1, 0.15) is 5.00 Å². The second kappa shape index (κ2) is 5.21. The van der Waals surface area contributed by atoms with Crippen LogP contribution in [0.2, 0.25) is 0 Å². The number of hydrogen-bond acceptors (Lipinski definition) is 6. The Balaban J connectivity index is 2.27. The van der Waals surface area contributed by atoms with Crippen LogP contribution in [-0.4, -0.2) is 36.8 Å². The molecule has 1 aromatic rings. The molecular weight excluding hydrogens is 307 g/mol. The number of aryl methyl sites for hydroxylation is 1. The molecule has 1 fully saturated rings. The van der Waals surface area contributed by atoms with Crippen molar-refractivity contribution in [1.82, 2.24) is 4.37 Å². The number of ketones is 1. The van der Waals surface area contributed by atoms with Gasteiger partial charge >= 0.3 is 10.2 Å². The van der Waals surface area contributed by atoms with E-state index in [0.29, 0.717) is 16.3 Å². The molecule has 0 aromatic carbocycles. The van der Waals surface area contributed by atoms with E-state index >= 15 is 0 Å².